The van der Waals surface area contributed by atoms with Gasteiger partial charge in [0.2, 0.25) is 5.91 Å². The summed E-state index contributed by atoms with van der Waals surface area (Å²) in [5.41, 5.74) is 4.26. The molecule has 4 nitrogen and oxygen atoms in total. The molecule has 2 heterocycles. The molecule has 0 aliphatic carbocycles. The number of fused-ring (bicyclic) bond motifs is 1. The summed E-state index contributed by atoms with van der Waals surface area (Å²) in [5.74, 6) is -0.118. The molecule has 190 valence electrons. The summed E-state index contributed by atoms with van der Waals surface area (Å²) in [4.78, 5) is 32.4. The van der Waals surface area contributed by atoms with Crippen LogP contribution in [0.25, 0.3) is 0 Å². The molecule has 0 saturated carbocycles. The van der Waals surface area contributed by atoms with E-state index in [4.69, 9.17) is 0 Å². The van der Waals surface area contributed by atoms with Gasteiger partial charge in [0.15, 0.2) is 0 Å². The molecule has 0 bridgehead atoms. The summed E-state index contributed by atoms with van der Waals surface area (Å²) in [7, 11) is 0. The van der Waals surface area contributed by atoms with Gasteiger partial charge >= 0.3 is 0 Å². The number of rotatable bonds is 6. The quantitative estimate of drug-likeness (QED) is 0.316. The summed E-state index contributed by atoms with van der Waals surface area (Å²) >= 11 is 5.20. The van der Waals surface area contributed by atoms with E-state index in [2.05, 4.69) is 79.3 Å². The Kier molecular flexibility index (Phi) is 8.06. The summed E-state index contributed by atoms with van der Waals surface area (Å²) in [6.45, 7) is 11.4. The van der Waals surface area contributed by atoms with E-state index in [9.17, 15) is 9.59 Å². The van der Waals surface area contributed by atoms with Gasteiger partial charge in [0.1, 0.15) is 6.54 Å². The second-order valence-corrected chi connectivity index (χ2v) is 12.5. The molecule has 0 saturated heterocycles. The summed E-state index contributed by atoms with van der Waals surface area (Å²) in [5, 5.41) is 2.12. The molecule has 0 N–H and O–H groups in total. The van der Waals surface area contributed by atoms with E-state index in [1.54, 1.807) is 16.2 Å². The molecular weight excluding hydrogens is 532 g/mol. The molecule has 0 radical (unpaired) electrons. The minimum atomic E-state index is -0.136. The first kappa shape index (κ1) is 26.6. The van der Waals surface area contributed by atoms with Gasteiger partial charge < -0.3 is 9.80 Å². The molecule has 6 heteroatoms. The molecule has 0 fully saturated rings. The van der Waals surface area contributed by atoms with Crippen LogP contribution in [-0.4, -0.2) is 40.7 Å². The molecule has 0 spiro atoms. The molecule has 4 rings (SSSR count). The Morgan fingerprint density at radius 3 is 2.36 bits per heavy atom. The summed E-state index contributed by atoms with van der Waals surface area (Å²) in [6.07, 6.45) is 1.63. The Bertz CT molecular complexity index is 1210. The maximum Gasteiger partial charge on any atom is 0.254 e. The Labute approximate surface area is 227 Å². The largest absolute Gasteiger partial charge is 0.330 e. The fourth-order valence-electron chi connectivity index (χ4n) is 4.75. The minimum absolute atomic E-state index is 0.0116. The highest BCUT2D eigenvalue weighted by Gasteiger charge is 2.35. The lowest BCUT2D eigenvalue weighted by atomic mass is 9.85. The van der Waals surface area contributed by atoms with Gasteiger partial charge in [0.25, 0.3) is 5.91 Å². The van der Waals surface area contributed by atoms with E-state index >= 15 is 0 Å². The van der Waals surface area contributed by atoms with Crippen molar-refractivity contribution < 1.29 is 9.59 Å². The van der Waals surface area contributed by atoms with Gasteiger partial charge in [-0.3, -0.25) is 9.59 Å². The lowest BCUT2D eigenvalue weighted by Gasteiger charge is -2.38. The molecule has 3 aromatic rings. The van der Waals surface area contributed by atoms with Crippen LogP contribution in [0.4, 0.5) is 0 Å². The maximum atomic E-state index is 13.9. The van der Waals surface area contributed by atoms with Crippen LogP contribution in [0.15, 0.2) is 64.5 Å². The number of benzene rings is 2. The first-order valence-corrected chi connectivity index (χ1v) is 14.3. The van der Waals surface area contributed by atoms with Crippen LogP contribution >= 0.6 is 27.3 Å². The number of halogens is 1. The smallest absolute Gasteiger partial charge is 0.254 e. The number of hydrogen-bond donors (Lipinski definition) is 0. The number of thiophene rings is 1. The number of hydrogen-bond acceptors (Lipinski definition) is 3. The van der Waals surface area contributed by atoms with Gasteiger partial charge in [-0.15, -0.1) is 11.3 Å². The molecule has 1 aliphatic heterocycles. The highest BCUT2D eigenvalue weighted by atomic mass is 79.9. The lowest BCUT2D eigenvalue weighted by Crippen LogP contribution is -2.49. The van der Waals surface area contributed by atoms with Crippen LogP contribution in [0.3, 0.4) is 0 Å². The number of amides is 2. The average molecular weight is 568 g/mol. The second-order valence-electron chi connectivity index (χ2n) is 10.6. The normalized spacial score (nSPS) is 16.4. The summed E-state index contributed by atoms with van der Waals surface area (Å²) < 4.78 is 0.922. The SMILES string of the molecule is CCC(C)N(CC(=O)N1CCc2sccc2C1c1ccc(C(C)(C)C)cc1)C(=O)c1ccc(Br)cc1. The first-order valence-electron chi connectivity index (χ1n) is 12.6. The average Bonchev–Trinajstić information content (AvgIpc) is 3.34. The van der Waals surface area contributed by atoms with Crippen molar-refractivity contribution >= 4 is 39.1 Å². The Hall–Kier alpha value is -2.44. The third kappa shape index (κ3) is 5.60. The number of nitrogens with zero attached hydrogens (tertiary/aromatic N) is 2. The van der Waals surface area contributed by atoms with Crippen molar-refractivity contribution in [1.82, 2.24) is 9.80 Å². The van der Waals surface area contributed by atoms with E-state index in [-0.39, 0.29) is 35.9 Å². The topological polar surface area (TPSA) is 40.6 Å². The molecule has 2 aromatic carbocycles. The summed E-state index contributed by atoms with van der Waals surface area (Å²) in [6, 6.07) is 18.0. The van der Waals surface area contributed by atoms with Crippen LogP contribution < -0.4 is 0 Å². The molecular formula is C30H35BrN2O2S. The predicted octanol–water partition coefficient (Wildman–Crippen LogP) is 7.22. The van der Waals surface area contributed by atoms with Gasteiger partial charge in [0.05, 0.1) is 6.04 Å². The van der Waals surface area contributed by atoms with Crippen LogP contribution in [0, 0.1) is 0 Å². The van der Waals surface area contributed by atoms with Crippen molar-refractivity contribution in [3.63, 3.8) is 0 Å². The number of carbonyl (C=O) groups is 2. The zero-order valence-corrected chi connectivity index (χ0v) is 24.2. The zero-order valence-electron chi connectivity index (χ0n) is 21.8. The van der Waals surface area contributed by atoms with E-state index < -0.39 is 0 Å². The van der Waals surface area contributed by atoms with Crippen molar-refractivity contribution in [2.24, 2.45) is 0 Å². The number of carbonyl (C=O) groups excluding carboxylic acids is 2. The molecule has 36 heavy (non-hydrogen) atoms. The van der Waals surface area contributed by atoms with E-state index in [0.29, 0.717) is 12.1 Å². The molecule has 2 unspecified atom stereocenters. The minimum Gasteiger partial charge on any atom is -0.330 e. The first-order chi connectivity index (χ1) is 17.1. The van der Waals surface area contributed by atoms with Crippen molar-refractivity contribution in [3.8, 4) is 0 Å². The molecule has 1 aromatic heterocycles. The van der Waals surface area contributed by atoms with Crippen molar-refractivity contribution in [2.45, 2.75) is 65.0 Å². The van der Waals surface area contributed by atoms with E-state index in [1.807, 2.05) is 36.1 Å². The Morgan fingerprint density at radius 1 is 1.08 bits per heavy atom. The fourth-order valence-corrected chi connectivity index (χ4v) is 5.92. The fraction of sp³-hybridized carbons (Fsp3) is 0.400. The van der Waals surface area contributed by atoms with E-state index in [1.165, 1.54) is 16.0 Å². The second kappa shape index (κ2) is 10.9. The van der Waals surface area contributed by atoms with Gasteiger partial charge in [-0.2, -0.15) is 0 Å². The van der Waals surface area contributed by atoms with Crippen molar-refractivity contribution in [1.29, 1.82) is 0 Å². The van der Waals surface area contributed by atoms with E-state index in [0.717, 1.165) is 22.9 Å². The predicted molar refractivity (Wildman–Crippen MR) is 152 cm³/mol. The van der Waals surface area contributed by atoms with Gasteiger partial charge in [-0.1, -0.05) is 67.9 Å². The van der Waals surface area contributed by atoms with Crippen molar-refractivity contribution in [3.05, 3.63) is 91.6 Å². The highest BCUT2D eigenvalue weighted by Crippen LogP contribution is 2.38. The van der Waals surface area contributed by atoms with Crippen molar-refractivity contribution in [2.75, 3.05) is 13.1 Å². The third-order valence-corrected chi connectivity index (χ3v) is 8.68. The lowest BCUT2D eigenvalue weighted by molar-refractivity contribution is -0.134. The molecule has 2 amide bonds. The third-order valence-electron chi connectivity index (χ3n) is 7.16. The Morgan fingerprint density at radius 2 is 1.75 bits per heavy atom. The zero-order chi connectivity index (χ0) is 26.0. The monoisotopic (exact) mass is 566 g/mol. The Balaban J connectivity index is 1.64. The van der Waals surface area contributed by atoms with Gasteiger partial charge in [0, 0.05) is 27.5 Å². The molecule has 2 atom stereocenters. The molecule has 1 aliphatic rings. The van der Waals surface area contributed by atoms with Crippen LogP contribution in [0.1, 0.15) is 79.0 Å². The van der Waals surface area contributed by atoms with Crippen LogP contribution in [0.2, 0.25) is 0 Å². The maximum absolute atomic E-state index is 13.9. The van der Waals surface area contributed by atoms with Crippen LogP contribution in [0.5, 0.6) is 0 Å². The van der Waals surface area contributed by atoms with Gasteiger partial charge in [-0.25, -0.2) is 0 Å². The van der Waals surface area contributed by atoms with Crippen LogP contribution in [-0.2, 0) is 16.6 Å². The van der Waals surface area contributed by atoms with Gasteiger partial charge in [-0.05, 0) is 77.6 Å². The highest BCUT2D eigenvalue weighted by molar-refractivity contribution is 9.10. The standard InChI is InChI=1S/C30H35BrN2O2S/c1-6-20(2)33(29(35)22-9-13-24(31)14-10-22)19-27(34)32-17-15-26-25(16-18-36-26)28(32)21-7-11-23(12-8-21)30(3,4)5/h7-14,16,18,20,28H,6,15,17,19H2,1-5H3.